The van der Waals surface area contributed by atoms with Gasteiger partial charge in [-0.05, 0) is 41.1 Å². The molecule has 0 radical (unpaired) electrons. The van der Waals surface area contributed by atoms with Crippen LogP contribution in [0.3, 0.4) is 0 Å². The van der Waals surface area contributed by atoms with E-state index in [2.05, 4.69) is 15.9 Å². The summed E-state index contributed by atoms with van der Waals surface area (Å²) in [5.74, 6) is 0.0920. The van der Waals surface area contributed by atoms with Gasteiger partial charge in [-0.15, -0.1) is 11.3 Å². The van der Waals surface area contributed by atoms with Gasteiger partial charge in [-0.25, -0.2) is 0 Å². The molecular formula is C12H8BrClOS. The van der Waals surface area contributed by atoms with Crippen LogP contribution in [-0.4, -0.2) is 5.78 Å². The molecule has 82 valence electrons. The first-order chi connectivity index (χ1) is 7.59. The number of halogens is 2. The molecule has 0 saturated carbocycles. The SMILES string of the molecule is CC(=O)c1ccc(-c2cccc(Cl)c2Br)s1. The summed E-state index contributed by atoms with van der Waals surface area (Å²) in [7, 11) is 0. The Kier molecular flexibility index (Phi) is 3.47. The molecule has 0 aliphatic heterocycles. The summed E-state index contributed by atoms with van der Waals surface area (Å²) in [6, 6.07) is 9.49. The minimum atomic E-state index is 0.0920. The molecule has 0 atom stereocenters. The number of benzene rings is 1. The Hall–Kier alpha value is -0.640. The van der Waals surface area contributed by atoms with E-state index >= 15 is 0 Å². The van der Waals surface area contributed by atoms with E-state index < -0.39 is 0 Å². The average Bonchev–Trinajstić information content (AvgIpc) is 2.71. The molecule has 0 amide bonds. The third-order valence-corrected chi connectivity index (χ3v) is 4.79. The normalized spacial score (nSPS) is 10.4. The number of rotatable bonds is 2. The molecule has 0 bridgehead atoms. The van der Waals surface area contributed by atoms with Crippen molar-refractivity contribution >= 4 is 44.7 Å². The van der Waals surface area contributed by atoms with Gasteiger partial charge < -0.3 is 0 Å². The van der Waals surface area contributed by atoms with Crippen LogP contribution in [-0.2, 0) is 0 Å². The fourth-order valence-electron chi connectivity index (χ4n) is 1.37. The third-order valence-electron chi connectivity index (χ3n) is 2.17. The first kappa shape index (κ1) is 11.8. The van der Waals surface area contributed by atoms with Crippen LogP contribution in [0.1, 0.15) is 16.6 Å². The minimum Gasteiger partial charge on any atom is -0.294 e. The first-order valence-corrected chi connectivity index (χ1v) is 6.63. The minimum absolute atomic E-state index is 0.0920. The van der Waals surface area contributed by atoms with Crippen LogP contribution in [0.15, 0.2) is 34.8 Å². The van der Waals surface area contributed by atoms with E-state index in [9.17, 15) is 4.79 Å². The van der Waals surface area contributed by atoms with Crippen LogP contribution in [0.5, 0.6) is 0 Å². The molecule has 16 heavy (non-hydrogen) atoms. The standard InChI is InChI=1S/C12H8BrClOS/c1-7(15)10-5-6-11(16-10)8-3-2-4-9(14)12(8)13/h2-6H,1H3. The fourth-order valence-corrected chi connectivity index (χ4v) is 3.08. The molecular weight excluding hydrogens is 308 g/mol. The Bertz CT molecular complexity index is 548. The van der Waals surface area contributed by atoms with E-state index in [4.69, 9.17) is 11.6 Å². The summed E-state index contributed by atoms with van der Waals surface area (Å²) in [4.78, 5) is 13.0. The van der Waals surface area contributed by atoms with Crippen molar-refractivity contribution in [2.45, 2.75) is 6.92 Å². The zero-order chi connectivity index (χ0) is 11.7. The second-order valence-electron chi connectivity index (χ2n) is 3.32. The second kappa shape index (κ2) is 4.70. The van der Waals surface area contributed by atoms with E-state index in [1.165, 1.54) is 11.3 Å². The molecule has 0 fully saturated rings. The van der Waals surface area contributed by atoms with E-state index in [1.807, 2.05) is 30.3 Å². The maximum absolute atomic E-state index is 11.2. The Morgan fingerprint density at radius 2 is 2.06 bits per heavy atom. The van der Waals surface area contributed by atoms with Crippen molar-refractivity contribution in [1.29, 1.82) is 0 Å². The van der Waals surface area contributed by atoms with Crippen molar-refractivity contribution < 1.29 is 4.79 Å². The van der Waals surface area contributed by atoms with Gasteiger partial charge in [-0.1, -0.05) is 23.7 Å². The van der Waals surface area contributed by atoms with Gasteiger partial charge in [0.2, 0.25) is 0 Å². The summed E-state index contributed by atoms with van der Waals surface area (Å²) in [5.41, 5.74) is 1.02. The highest BCUT2D eigenvalue weighted by Crippen LogP contribution is 2.37. The third kappa shape index (κ3) is 2.21. The highest BCUT2D eigenvalue weighted by Gasteiger charge is 2.10. The van der Waals surface area contributed by atoms with Crippen molar-refractivity contribution in [3.05, 3.63) is 44.7 Å². The number of hydrogen-bond donors (Lipinski definition) is 0. The van der Waals surface area contributed by atoms with Crippen molar-refractivity contribution in [1.82, 2.24) is 0 Å². The summed E-state index contributed by atoms with van der Waals surface area (Å²) < 4.78 is 0.869. The number of thiophene rings is 1. The number of carbonyl (C=O) groups excluding carboxylic acids is 1. The predicted molar refractivity (Wildman–Crippen MR) is 72.5 cm³/mol. The highest BCUT2D eigenvalue weighted by molar-refractivity contribution is 9.10. The lowest BCUT2D eigenvalue weighted by Gasteiger charge is -2.02. The lowest BCUT2D eigenvalue weighted by atomic mass is 10.2. The van der Waals surface area contributed by atoms with Gasteiger partial charge in [0.15, 0.2) is 5.78 Å². The average molecular weight is 316 g/mol. The van der Waals surface area contributed by atoms with Gasteiger partial charge in [0.1, 0.15) is 0 Å². The predicted octanol–water partition coefficient (Wildman–Crippen LogP) is 5.03. The monoisotopic (exact) mass is 314 g/mol. The number of ketones is 1. The second-order valence-corrected chi connectivity index (χ2v) is 5.61. The summed E-state index contributed by atoms with van der Waals surface area (Å²) >= 11 is 11.0. The molecule has 0 N–H and O–H groups in total. The largest absolute Gasteiger partial charge is 0.294 e. The van der Waals surface area contributed by atoms with Crippen LogP contribution >= 0.6 is 38.9 Å². The quantitative estimate of drug-likeness (QED) is 0.710. The molecule has 1 aromatic carbocycles. The van der Waals surface area contributed by atoms with Crippen LogP contribution in [0.25, 0.3) is 10.4 Å². The van der Waals surface area contributed by atoms with Gasteiger partial charge in [0.05, 0.1) is 9.90 Å². The van der Waals surface area contributed by atoms with E-state index in [0.717, 1.165) is 19.8 Å². The number of hydrogen-bond acceptors (Lipinski definition) is 2. The smallest absolute Gasteiger partial charge is 0.169 e. The molecule has 0 unspecified atom stereocenters. The topological polar surface area (TPSA) is 17.1 Å². The van der Waals surface area contributed by atoms with Crippen LogP contribution in [0.4, 0.5) is 0 Å². The lowest BCUT2D eigenvalue weighted by Crippen LogP contribution is -1.83. The molecule has 4 heteroatoms. The van der Waals surface area contributed by atoms with Crippen molar-refractivity contribution in [2.24, 2.45) is 0 Å². The van der Waals surface area contributed by atoms with Gasteiger partial charge in [0.25, 0.3) is 0 Å². The van der Waals surface area contributed by atoms with Gasteiger partial charge in [0, 0.05) is 14.9 Å². The summed E-state index contributed by atoms with van der Waals surface area (Å²) in [5, 5.41) is 0.676. The Labute approximate surface area is 111 Å². The van der Waals surface area contributed by atoms with Crippen molar-refractivity contribution in [3.63, 3.8) is 0 Å². The summed E-state index contributed by atoms with van der Waals surface area (Å²) in [6.07, 6.45) is 0. The summed E-state index contributed by atoms with van der Waals surface area (Å²) in [6.45, 7) is 1.57. The molecule has 2 aromatic rings. The maximum atomic E-state index is 11.2. The van der Waals surface area contributed by atoms with Crippen LogP contribution in [0, 0.1) is 0 Å². The molecule has 1 heterocycles. The molecule has 1 nitrogen and oxygen atoms in total. The van der Waals surface area contributed by atoms with Crippen LogP contribution < -0.4 is 0 Å². The highest BCUT2D eigenvalue weighted by atomic mass is 79.9. The first-order valence-electron chi connectivity index (χ1n) is 4.65. The maximum Gasteiger partial charge on any atom is 0.169 e. The Morgan fingerprint density at radius 3 is 2.69 bits per heavy atom. The van der Waals surface area contributed by atoms with Crippen molar-refractivity contribution in [3.8, 4) is 10.4 Å². The Balaban J connectivity index is 2.50. The van der Waals surface area contributed by atoms with E-state index in [-0.39, 0.29) is 5.78 Å². The van der Waals surface area contributed by atoms with Gasteiger partial charge in [-0.2, -0.15) is 0 Å². The zero-order valence-corrected chi connectivity index (χ0v) is 11.6. The van der Waals surface area contributed by atoms with Crippen LogP contribution in [0.2, 0.25) is 5.02 Å². The number of carbonyl (C=O) groups is 1. The number of Topliss-reactive ketones (excluding diaryl/α,β-unsaturated/α-hetero) is 1. The molecule has 0 spiro atoms. The van der Waals surface area contributed by atoms with Gasteiger partial charge in [-0.3, -0.25) is 4.79 Å². The van der Waals surface area contributed by atoms with E-state index in [1.54, 1.807) is 6.92 Å². The molecule has 0 aliphatic carbocycles. The molecule has 0 aliphatic rings. The fraction of sp³-hybridized carbons (Fsp3) is 0.0833. The lowest BCUT2D eigenvalue weighted by molar-refractivity contribution is 0.102. The molecule has 1 aromatic heterocycles. The molecule has 0 saturated heterocycles. The van der Waals surface area contributed by atoms with E-state index in [0.29, 0.717) is 5.02 Å². The van der Waals surface area contributed by atoms with Gasteiger partial charge >= 0.3 is 0 Å². The Morgan fingerprint density at radius 1 is 1.31 bits per heavy atom. The molecule has 2 rings (SSSR count). The van der Waals surface area contributed by atoms with Crippen molar-refractivity contribution in [2.75, 3.05) is 0 Å². The zero-order valence-electron chi connectivity index (χ0n) is 8.46.